The van der Waals surface area contributed by atoms with Gasteiger partial charge in [0.2, 0.25) is 11.8 Å². The fraction of sp³-hybridized carbons (Fsp3) is 0.429. The van der Waals surface area contributed by atoms with Gasteiger partial charge in [0.25, 0.3) is 0 Å². The number of carbonyl (C=O) groups is 2. The van der Waals surface area contributed by atoms with E-state index in [1.165, 1.54) is 10.4 Å². The molecule has 2 unspecified atom stereocenters. The molecule has 1 aromatic heterocycles. The van der Waals surface area contributed by atoms with Gasteiger partial charge in [-0.2, -0.15) is 0 Å². The molecule has 4 rings (SSSR count). The van der Waals surface area contributed by atoms with Crippen molar-refractivity contribution in [3.63, 3.8) is 0 Å². The van der Waals surface area contributed by atoms with E-state index in [9.17, 15) is 9.59 Å². The lowest BCUT2D eigenvalue weighted by atomic mass is 9.93. The Bertz CT molecular complexity index is 832. The van der Waals surface area contributed by atoms with E-state index in [2.05, 4.69) is 23.6 Å². The van der Waals surface area contributed by atoms with Crippen LogP contribution in [0.4, 0.5) is 0 Å². The van der Waals surface area contributed by atoms with Gasteiger partial charge < -0.3 is 9.80 Å². The number of nitrogens with zero attached hydrogens (tertiary/aromatic N) is 2. The van der Waals surface area contributed by atoms with Gasteiger partial charge in [-0.25, -0.2) is 0 Å². The molecule has 2 heterocycles. The molecule has 0 N–H and O–H groups in total. The Hall–Kier alpha value is -1.85. The van der Waals surface area contributed by atoms with E-state index in [-0.39, 0.29) is 30.4 Å². The van der Waals surface area contributed by atoms with Crippen LogP contribution in [0.25, 0.3) is 0 Å². The summed E-state index contributed by atoms with van der Waals surface area (Å²) in [5, 5.41) is 1.50. The Morgan fingerprint density at radius 3 is 2.67 bits per heavy atom. The summed E-state index contributed by atoms with van der Waals surface area (Å²) in [6.45, 7) is 2.47. The molecule has 2 amide bonds. The van der Waals surface area contributed by atoms with Crippen molar-refractivity contribution in [2.45, 2.75) is 43.6 Å². The van der Waals surface area contributed by atoms with Gasteiger partial charge in [0.05, 0.1) is 6.04 Å². The van der Waals surface area contributed by atoms with Crippen molar-refractivity contribution in [2.24, 2.45) is 0 Å². The van der Waals surface area contributed by atoms with E-state index in [0.717, 1.165) is 24.8 Å². The Morgan fingerprint density at radius 1 is 1.26 bits per heavy atom. The fourth-order valence-corrected chi connectivity index (χ4v) is 4.85. The van der Waals surface area contributed by atoms with Crippen molar-refractivity contribution in [1.29, 1.82) is 0 Å². The van der Waals surface area contributed by atoms with Crippen LogP contribution in [0, 0.1) is 0 Å². The number of hydrogen-bond acceptors (Lipinski definition) is 3. The summed E-state index contributed by atoms with van der Waals surface area (Å²) >= 11 is 7.78. The molecule has 0 saturated heterocycles. The predicted octanol–water partition coefficient (Wildman–Crippen LogP) is 3.84. The number of benzene rings is 1. The van der Waals surface area contributed by atoms with Crippen LogP contribution in [0.1, 0.15) is 41.8 Å². The van der Waals surface area contributed by atoms with Gasteiger partial charge in [-0.15, -0.1) is 22.9 Å². The highest BCUT2D eigenvalue weighted by Gasteiger charge is 2.38. The first kappa shape index (κ1) is 18.5. The number of halogens is 1. The van der Waals surface area contributed by atoms with Crippen LogP contribution >= 0.6 is 22.9 Å². The maximum absolute atomic E-state index is 13.3. The third-order valence-electron chi connectivity index (χ3n) is 5.32. The minimum Gasteiger partial charge on any atom is -0.330 e. The van der Waals surface area contributed by atoms with Crippen molar-refractivity contribution < 1.29 is 9.59 Å². The highest BCUT2D eigenvalue weighted by molar-refractivity contribution is 7.10. The predicted molar refractivity (Wildman–Crippen MR) is 108 cm³/mol. The van der Waals surface area contributed by atoms with E-state index < -0.39 is 5.38 Å². The number of amides is 2. The van der Waals surface area contributed by atoms with Gasteiger partial charge in [-0.3, -0.25) is 9.59 Å². The molecule has 1 saturated carbocycles. The summed E-state index contributed by atoms with van der Waals surface area (Å²) in [6, 6.07) is 12.4. The maximum atomic E-state index is 13.3. The average Bonchev–Trinajstić information content (AvgIpc) is 3.41. The zero-order valence-electron chi connectivity index (χ0n) is 15.3. The second kappa shape index (κ2) is 7.64. The Kier molecular flexibility index (Phi) is 5.24. The SMILES string of the molecule is CC(Cl)C(=O)N(CC(=O)N1CCc2sccc2C1c1ccccc1)C1CC1. The number of alkyl halides is 1. The van der Waals surface area contributed by atoms with E-state index in [1.54, 1.807) is 23.2 Å². The number of fused-ring (bicyclic) bond motifs is 1. The lowest BCUT2D eigenvalue weighted by molar-refractivity contribution is -0.141. The molecule has 0 spiro atoms. The lowest BCUT2D eigenvalue weighted by Crippen LogP contribution is -2.48. The molecule has 142 valence electrons. The van der Waals surface area contributed by atoms with Crippen molar-refractivity contribution >= 4 is 34.8 Å². The standard InChI is InChI=1S/C21H23ClN2O2S/c1-14(22)21(26)24(16-7-8-16)13-19(25)23-11-9-18-17(10-12-27-18)20(23)15-5-3-2-4-6-15/h2-6,10,12,14,16,20H,7-9,11,13H2,1H3. The Balaban J connectivity index is 1.61. The van der Waals surface area contributed by atoms with Gasteiger partial charge in [0.1, 0.15) is 11.9 Å². The first-order valence-corrected chi connectivity index (χ1v) is 10.7. The molecule has 2 aromatic rings. The molecule has 1 fully saturated rings. The highest BCUT2D eigenvalue weighted by atomic mass is 35.5. The molecule has 27 heavy (non-hydrogen) atoms. The first-order chi connectivity index (χ1) is 13.1. The Labute approximate surface area is 168 Å². The molecule has 4 nitrogen and oxygen atoms in total. The van der Waals surface area contributed by atoms with Crippen molar-refractivity contribution in [3.05, 3.63) is 57.8 Å². The van der Waals surface area contributed by atoms with E-state index in [4.69, 9.17) is 11.6 Å². The van der Waals surface area contributed by atoms with Gasteiger partial charge in [0, 0.05) is 17.5 Å². The van der Waals surface area contributed by atoms with Crippen LogP contribution in [0.5, 0.6) is 0 Å². The third kappa shape index (κ3) is 3.76. The molecule has 2 aliphatic rings. The topological polar surface area (TPSA) is 40.6 Å². The quantitative estimate of drug-likeness (QED) is 0.713. The summed E-state index contributed by atoms with van der Waals surface area (Å²) in [4.78, 5) is 30.7. The largest absolute Gasteiger partial charge is 0.330 e. The molecule has 1 aliphatic heterocycles. The number of rotatable bonds is 5. The number of hydrogen-bond donors (Lipinski definition) is 0. The van der Waals surface area contributed by atoms with E-state index >= 15 is 0 Å². The molecule has 0 bridgehead atoms. The molecular formula is C21H23ClN2O2S. The van der Waals surface area contributed by atoms with Gasteiger partial charge in [-0.05, 0) is 48.8 Å². The molecule has 1 aromatic carbocycles. The maximum Gasteiger partial charge on any atom is 0.243 e. The molecule has 6 heteroatoms. The average molecular weight is 403 g/mol. The number of carbonyl (C=O) groups excluding carboxylic acids is 2. The van der Waals surface area contributed by atoms with Crippen LogP contribution in [0.15, 0.2) is 41.8 Å². The monoisotopic (exact) mass is 402 g/mol. The minimum atomic E-state index is -0.604. The van der Waals surface area contributed by atoms with Crippen LogP contribution < -0.4 is 0 Å². The summed E-state index contributed by atoms with van der Waals surface area (Å²) in [5.41, 5.74) is 2.32. The lowest BCUT2D eigenvalue weighted by Gasteiger charge is -2.37. The minimum absolute atomic E-state index is 0.00160. The van der Waals surface area contributed by atoms with Crippen molar-refractivity contribution in [3.8, 4) is 0 Å². The first-order valence-electron chi connectivity index (χ1n) is 9.41. The second-order valence-corrected chi connectivity index (χ2v) is 8.92. The fourth-order valence-electron chi connectivity index (χ4n) is 3.82. The Morgan fingerprint density at radius 2 is 2.00 bits per heavy atom. The summed E-state index contributed by atoms with van der Waals surface area (Å²) in [7, 11) is 0. The molecule has 1 aliphatic carbocycles. The van der Waals surface area contributed by atoms with Crippen molar-refractivity contribution in [2.75, 3.05) is 13.1 Å². The highest BCUT2D eigenvalue weighted by Crippen LogP contribution is 2.38. The van der Waals surface area contributed by atoms with Crippen LogP contribution in [-0.2, 0) is 16.0 Å². The summed E-state index contributed by atoms with van der Waals surface area (Å²) in [6.07, 6.45) is 2.78. The third-order valence-corrected chi connectivity index (χ3v) is 6.50. The normalized spacial score (nSPS) is 20.1. The van der Waals surface area contributed by atoms with E-state index in [0.29, 0.717) is 6.54 Å². The zero-order chi connectivity index (χ0) is 19.0. The van der Waals surface area contributed by atoms with Gasteiger partial charge in [0.15, 0.2) is 0 Å². The van der Waals surface area contributed by atoms with Crippen LogP contribution in [0.2, 0.25) is 0 Å². The number of thiophene rings is 1. The molecule has 0 radical (unpaired) electrons. The second-order valence-electron chi connectivity index (χ2n) is 7.26. The summed E-state index contributed by atoms with van der Waals surface area (Å²) < 4.78 is 0. The van der Waals surface area contributed by atoms with Crippen molar-refractivity contribution in [1.82, 2.24) is 9.80 Å². The van der Waals surface area contributed by atoms with Gasteiger partial charge >= 0.3 is 0 Å². The van der Waals surface area contributed by atoms with E-state index in [1.807, 2.05) is 23.1 Å². The summed E-state index contributed by atoms with van der Waals surface area (Å²) in [5.74, 6) is -0.143. The zero-order valence-corrected chi connectivity index (χ0v) is 16.9. The molecular weight excluding hydrogens is 380 g/mol. The molecule has 2 atom stereocenters. The van der Waals surface area contributed by atoms with Crippen LogP contribution in [-0.4, -0.2) is 46.1 Å². The van der Waals surface area contributed by atoms with Gasteiger partial charge in [-0.1, -0.05) is 30.3 Å². The van der Waals surface area contributed by atoms with Crippen LogP contribution in [0.3, 0.4) is 0 Å². The smallest absolute Gasteiger partial charge is 0.243 e.